The topological polar surface area (TPSA) is 94.5 Å². The molecule has 0 aromatic heterocycles. The zero-order valence-corrected chi connectivity index (χ0v) is 13.5. The summed E-state index contributed by atoms with van der Waals surface area (Å²) in [4.78, 5) is 26.2. The third kappa shape index (κ3) is 4.57. The van der Waals surface area contributed by atoms with E-state index in [0.717, 1.165) is 26.2 Å². The zero-order valence-electron chi connectivity index (χ0n) is 13.5. The van der Waals surface area contributed by atoms with E-state index >= 15 is 0 Å². The Morgan fingerprint density at radius 2 is 2.08 bits per heavy atom. The van der Waals surface area contributed by atoms with Gasteiger partial charge in [-0.05, 0) is 19.1 Å². The number of hydrogen-bond donors (Lipinski definition) is 2. The van der Waals surface area contributed by atoms with Crippen LogP contribution in [0.15, 0.2) is 36.0 Å². The average molecular weight is 328 g/mol. The number of nitriles is 1. The van der Waals surface area contributed by atoms with Crippen LogP contribution in [0.4, 0.5) is 5.69 Å². The Morgan fingerprint density at radius 3 is 2.75 bits per heavy atom. The number of anilines is 1. The third-order valence-electron chi connectivity index (χ3n) is 3.50. The second-order valence-corrected chi connectivity index (χ2v) is 5.16. The minimum Gasteiger partial charge on any atom is -0.462 e. The van der Waals surface area contributed by atoms with Gasteiger partial charge in [-0.1, -0.05) is 12.1 Å². The largest absolute Gasteiger partial charge is 0.462 e. The monoisotopic (exact) mass is 328 g/mol. The highest BCUT2D eigenvalue weighted by Crippen LogP contribution is 2.17. The first kappa shape index (κ1) is 17.5. The van der Waals surface area contributed by atoms with E-state index in [1.165, 1.54) is 0 Å². The second kappa shape index (κ2) is 8.70. The Morgan fingerprint density at radius 1 is 1.38 bits per heavy atom. The first-order valence-electron chi connectivity index (χ1n) is 7.80. The number of ether oxygens (including phenoxy) is 1. The lowest BCUT2D eigenvalue weighted by Gasteiger charge is -2.26. The van der Waals surface area contributed by atoms with E-state index in [1.807, 2.05) is 11.0 Å². The van der Waals surface area contributed by atoms with Gasteiger partial charge in [0.1, 0.15) is 11.6 Å². The number of rotatable bonds is 5. The maximum absolute atomic E-state index is 12.4. The number of amides is 1. The quantitative estimate of drug-likeness (QED) is 0.478. The molecule has 0 saturated carbocycles. The first-order valence-corrected chi connectivity index (χ1v) is 7.80. The summed E-state index contributed by atoms with van der Waals surface area (Å²) in [5.74, 6) is -1.06. The Balaban J connectivity index is 2.14. The molecule has 1 aliphatic heterocycles. The maximum Gasteiger partial charge on any atom is 0.340 e. The molecule has 0 aliphatic carbocycles. The van der Waals surface area contributed by atoms with Crippen molar-refractivity contribution in [2.45, 2.75) is 6.92 Å². The van der Waals surface area contributed by atoms with Gasteiger partial charge in [0.25, 0.3) is 5.91 Å². The van der Waals surface area contributed by atoms with Crippen molar-refractivity contribution in [3.8, 4) is 6.07 Å². The minimum atomic E-state index is -0.548. The van der Waals surface area contributed by atoms with Crippen molar-refractivity contribution in [1.82, 2.24) is 10.2 Å². The fourth-order valence-corrected chi connectivity index (χ4v) is 2.30. The van der Waals surface area contributed by atoms with Gasteiger partial charge in [-0.15, -0.1) is 0 Å². The predicted octanol–water partition coefficient (Wildman–Crippen LogP) is 1.11. The highest BCUT2D eigenvalue weighted by atomic mass is 16.5. The molecular weight excluding hydrogens is 308 g/mol. The van der Waals surface area contributed by atoms with Crippen LogP contribution >= 0.6 is 0 Å². The van der Waals surface area contributed by atoms with Gasteiger partial charge in [0.05, 0.1) is 17.9 Å². The van der Waals surface area contributed by atoms with Gasteiger partial charge in [0.2, 0.25) is 0 Å². The van der Waals surface area contributed by atoms with E-state index in [9.17, 15) is 14.9 Å². The predicted molar refractivity (Wildman–Crippen MR) is 89.2 cm³/mol. The van der Waals surface area contributed by atoms with Crippen LogP contribution in [0.25, 0.3) is 0 Å². The Kier molecular flexibility index (Phi) is 6.34. The highest BCUT2D eigenvalue weighted by Gasteiger charge is 2.17. The number of benzene rings is 1. The number of hydrogen-bond acceptors (Lipinski definition) is 6. The van der Waals surface area contributed by atoms with E-state index in [1.54, 1.807) is 37.4 Å². The summed E-state index contributed by atoms with van der Waals surface area (Å²) < 4.78 is 4.97. The number of nitrogens with zero attached hydrogens (tertiary/aromatic N) is 2. The van der Waals surface area contributed by atoms with Crippen molar-refractivity contribution >= 4 is 17.6 Å². The molecule has 1 saturated heterocycles. The van der Waals surface area contributed by atoms with Crippen LogP contribution in [0.5, 0.6) is 0 Å². The molecule has 1 heterocycles. The van der Waals surface area contributed by atoms with Gasteiger partial charge in [-0.3, -0.25) is 4.79 Å². The summed E-state index contributed by atoms with van der Waals surface area (Å²) in [6.45, 7) is 5.04. The minimum absolute atomic E-state index is 0.00411. The summed E-state index contributed by atoms with van der Waals surface area (Å²) in [5.41, 5.74) is 0.574. The van der Waals surface area contributed by atoms with Gasteiger partial charge in [-0.2, -0.15) is 5.26 Å². The molecule has 0 unspecified atom stereocenters. The van der Waals surface area contributed by atoms with Gasteiger partial charge in [0, 0.05) is 32.4 Å². The van der Waals surface area contributed by atoms with Gasteiger partial charge in [0.15, 0.2) is 0 Å². The van der Waals surface area contributed by atoms with Gasteiger partial charge in [-0.25, -0.2) is 4.79 Å². The standard InChI is InChI=1S/C17H20N4O3/c1-2-24-17(23)14-5-3-4-6-15(14)20-16(22)13(11-18)12-21-9-7-19-8-10-21/h3-6,12,19H,2,7-10H2,1H3,(H,20,22)/b13-12-. The number of carbonyl (C=O) groups is 2. The average Bonchev–Trinajstić information content (AvgIpc) is 2.61. The fourth-order valence-electron chi connectivity index (χ4n) is 2.30. The molecule has 0 radical (unpaired) electrons. The molecule has 7 heteroatoms. The van der Waals surface area contributed by atoms with Crippen molar-refractivity contribution in [3.63, 3.8) is 0 Å². The van der Waals surface area contributed by atoms with Crippen molar-refractivity contribution in [2.75, 3.05) is 38.1 Å². The number of piperazine rings is 1. The Labute approximate surface area is 140 Å². The van der Waals surface area contributed by atoms with Crippen LogP contribution in [-0.2, 0) is 9.53 Å². The molecule has 2 rings (SSSR count). The summed E-state index contributed by atoms with van der Waals surface area (Å²) >= 11 is 0. The molecule has 1 amide bonds. The summed E-state index contributed by atoms with van der Waals surface area (Å²) in [7, 11) is 0. The van der Waals surface area contributed by atoms with Crippen LogP contribution in [0.3, 0.4) is 0 Å². The summed E-state index contributed by atoms with van der Waals surface area (Å²) in [5, 5.41) is 15.1. The molecule has 1 aromatic rings. The van der Waals surface area contributed by atoms with E-state index < -0.39 is 11.9 Å². The molecule has 1 aromatic carbocycles. The van der Waals surface area contributed by atoms with Gasteiger partial charge < -0.3 is 20.3 Å². The molecule has 2 N–H and O–H groups in total. The van der Waals surface area contributed by atoms with E-state index in [-0.39, 0.29) is 17.7 Å². The normalized spacial score (nSPS) is 14.7. The van der Waals surface area contributed by atoms with E-state index in [2.05, 4.69) is 10.6 Å². The van der Waals surface area contributed by atoms with Crippen LogP contribution in [-0.4, -0.2) is 49.6 Å². The molecular formula is C17H20N4O3. The number of para-hydroxylation sites is 1. The first-order chi connectivity index (χ1) is 11.7. The smallest absolute Gasteiger partial charge is 0.340 e. The third-order valence-corrected chi connectivity index (χ3v) is 3.50. The molecule has 0 bridgehead atoms. The van der Waals surface area contributed by atoms with Gasteiger partial charge >= 0.3 is 5.97 Å². The number of esters is 1. The summed E-state index contributed by atoms with van der Waals surface area (Å²) in [6, 6.07) is 8.47. The number of carbonyl (C=O) groups excluding carboxylic acids is 2. The molecule has 0 atom stereocenters. The lowest BCUT2D eigenvalue weighted by atomic mass is 10.1. The highest BCUT2D eigenvalue weighted by molar-refractivity contribution is 6.09. The van der Waals surface area contributed by atoms with Crippen LogP contribution < -0.4 is 10.6 Å². The van der Waals surface area contributed by atoms with Crippen molar-refractivity contribution in [3.05, 3.63) is 41.6 Å². The SMILES string of the molecule is CCOC(=O)c1ccccc1NC(=O)/C(C#N)=C\N1CCNCC1. The van der Waals surface area contributed by atoms with Crippen molar-refractivity contribution < 1.29 is 14.3 Å². The number of nitrogens with one attached hydrogen (secondary N) is 2. The second-order valence-electron chi connectivity index (χ2n) is 5.16. The van der Waals surface area contributed by atoms with Crippen molar-refractivity contribution in [2.24, 2.45) is 0 Å². The molecule has 24 heavy (non-hydrogen) atoms. The van der Waals surface area contributed by atoms with Crippen molar-refractivity contribution in [1.29, 1.82) is 5.26 Å². The molecule has 126 valence electrons. The van der Waals surface area contributed by atoms with E-state index in [4.69, 9.17) is 4.74 Å². The Hall–Kier alpha value is -2.85. The lowest BCUT2D eigenvalue weighted by Crippen LogP contribution is -2.41. The van der Waals surface area contributed by atoms with E-state index in [0.29, 0.717) is 5.69 Å². The Bertz CT molecular complexity index is 673. The van der Waals surface area contributed by atoms with Crippen LogP contribution in [0, 0.1) is 11.3 Å². The zero-order chi connectivity index (χ0) is 17.4. The molecule has 7 nitrogen and oxygen atoms in total. The maximum atomic E-state index is 12.4. The molecule has 0 spiro atoms. The lowest BCUT2D eigenvalue weighted by molar-refractivity contribution is -0.112. The summed E-state index contributed by atoms with van der Waals surface area (Å²) in [6.07, 6.45) is 1.56. The fraction of sp³-hybridized carbons (Fsp3) is 0.353. The molecule has 1 fully saturated rings. The van der Waals surface area contributed by atoms with Crippen LogP contribution in [0.2, 0.25) is 0 Å². The van der Waals surface area contributed by atoms with Crippen LogP contribution in [0.1, 0.15) is 17.3 Å². The molecule has 1 aliphatic rings.